The van der Waals surface area contributed by atoms with Gasteiger partial charge in [0.1, 0.15) is 5.75 Å². The number of nitrogens with zero attached hydrogens (tertiary/aromatic N) is 1. The minimum Gasteiger partial charge on any atom is -0.508 e. The van der Waals surface area contributed by atoms with Crippen molar-refractivity contribution >= 4 is 35.3 Å². The van der Waals surface area contributed by atoms with Crippen LogP contribution in [0.1, 0.15) is 5.56 Å². The van der Waals surface area contributed by atoms with E-state index in [-0.39, 0.29) is 5.75 Å². The number of benzene rings is 2. The lowest BCUT2D eigenvalue weighted by Gasteiger charge is -2.05. The smallest absolute Gasteiger partial charge is 0.329 e. The van der Waals surface area contributed by atoms with E-state index >= 15 is 0 Å². The van der Waals surface area contributed by atoms with Gasteiger partial charge in [0.2, 0.25) is 0 Å². The first kappa shape index (κ1) is 15.5. The lowest BCUT2D eigenvalue weighted by atomic mass is 10.2. The van der Waals surface area contributed by atoms with Gasteiger partial charge in [-0.1, -0.05) is 23.7 Å². The number of carbonyl (C=O) groups is 2. The lowest BCUT2D eigenvalue weighted by Crippen LogP contribution is -2.32. The Hall–Kier alpha value is -2.86. The molecule has 0 aliphatic rings. The average molecular weight is 318 g/mol. The summed E-state index contributed by atoms with van der Waals surface area (Å²) < 4.78 is 0. The van der Waals surface area contributed by atoms with Gasteiger partial charge in [-0.15, -0.1) is 0 Å². The van der Waals surface area contributed by atoms with Crippen molar-refractivity contribution in [3.05, 3.63) is 59.1 Å². The molecule has 0 aliphatic carbocycles. The second-order valence-corrected chi connectivity index (χ2v) is 4.63. The van der Waals surface area contributed by atoms with Gasteiger partial charge in [-0.05, 0) is 42.0 Å². The van der Waals surface area contributed by atoms with E-state index < -0.39 is 11.8 Å². The topological polar surface area (TPSA) is 90.8 Å². The number of anilines is 1. The molecular weight excluding hydrogens is 306 g/mol. The summed E-state index contributed by atoms with van der Waals surface area (Å²) in [5.74, 6) is -1.67. The van der Waals surface area contributed by atoms with Crippen LogP contribution in [0.5, 0.6) is 5.75 Å². The van der Waals surface area contributed by atoms with Gasteiger partial charge in [0.05, 0.1) is 16.9 Å². The number of amides is 2. The summed E-state index contributed by atoms with van der Waals surface area (Å²) in [6, 6.07) is 12.7. The molecule has 0 fully saturated rings. The Labute approximate surface area is 131 Å². The summed E-state index contributed by atoms with van der Waals surface area (Å²) in [7, 11) is 0. The Balaban J connectivity index is 1.90. The Morgan fingerprint density at radius 3 is 2.41 bits per heavy atom. The number of hydrogen-bond acceptors (Lipinski definition) is 4. The summed E-state index contributed by atoms with van der Waals surface area (Å²) in [6.07, 6.45) is 1.35. The number of para-hydroxylation sites is 1. The van der Waals surface area contributed by atoms with Crippen LogP contribution < -0.4 is 10.7 Å². The molecule has 2 aromatic rings. The first-order valence-electron chi connectivity index (χ1n) is 6.24. The number of rotatable bonds is 3. The Morgan fingerprint density at radius 1 is 1.05 bits per heavy atom. The van der Waals surface area contributed by atoms with E-state index in [1.807, 2.05) is 0 Å². The van der Waals surface area contributed by atoms with Crippen LogP contribution in [0.3, 0.4) is 0 Å². The van der Waals surface area contributed by atoms with E-state index in [0.29, 0.717) is 16.3 Å². The van der Waals surface area contributed by atoms with Crippen molar-refractivity contribution < 1.29 is 14.7 Å². The van der Waals surface area contributed by atoms with Crippen LogP contribution in [0.2, 0.25) is 5.02 Å². The van der Waals surface area contributed by atoms with Crippen LogP contribution in [0.25, 0.3) is 0 Å². The molecule has 2 aromatic carbocycles. The fourth-order valence-electron chi connectivity index (χ4n) is 1.52. The van der Waals surface area contributed by atoms with Crippen molar-refractivity contribution in [2.75, 3.05) is 5.32 Å². The van der Waals surface area contributed by atoms with E-state index in [9.17, 15) is 9.59 Å². The normalized spacial score (nSPS) is 10.4. The van der Waals surface area contributed by atoms with E-state index in [4.69, 9.17) is 16.7 Å². The molecule has 0 aliphatic heterocycles. The maximum absolute atomic E-state index is 11.7. The molecule has 2 amide bonds. The highest BCUT2D eigenvalue weighted by atomic mass is 35.5. The van der Waals surface area contributed by atoms with E-state index in [2.05, 4.69) is 15.8 Å². The van der Waals surface area contributed by atoms with Crippen molar-refractivity contribution in [1.82, 2.24) is 5.43 Å². The molecule has 6 nitrogen and oxygen atoms in total. The zero-order chi connectivity index (χ0) is 15.9. The number of hydrogen-bond donors (Lipinski definition) is 3. The molecule has 0 bridgehead atoms. The number of halogens is 1. The Morgan fingerprint density at radius 2 is 1.73 bits per heavy atom. The van der Waals surface area contributed by atoms with Crippen LogP contribution >= 0.6 is 11.6 Å². The highest BCUT2D eigenvalue weighted by molar-refractivity contribution is 6.41. The molecule has 22 heavy (non-hydrogen) atoms. The molecule has 0 heterocycles. The molecule has 0 atom stereocenters. The summed E-state index contributed by atoms with van der Waals surface area (Å²) in [5, 5.41) is 15.5. The SMILES string of the molecule is O=C(N/N=C/c1ccc(O)cc1)C(=O)Nc1ccccc1Cl. The summed E-state index contributed by atoms with van der Waals surface area (Å²) in [6.45, 7) is 0. The van der Waals surface area contributed by atoms with E-state index in [1.165, 1.54) is 18.3 Å². The monoisotopic (exact) mass is 317 g/mol. The Kier molecular flexibility index (Phi) is 5.11. The van der Waals surface area contributed by atoms with Crippen molar-refractivity contribution in [1.29, 1.82) is 0 Å². The van der Waals surface area contributed by atoms with Crippen LogP contribution in [0.4, 0.5) is 5.69 Å². The molecule has 0 saturated carbocycles. The van der Waals surface area contributed by atoms with Crippen LogP contribution in [0.15, 0.2) is 53.6 Å². The number of hydrazone groups is 1. The number of phenolic OH excluding ortho intramolecular Hbond substituents is 1. The zero-order valence-electron chi connectivity index (χ0n) is 11.3. The molecule has 0 unspecified atom stereocenters. The van der Waals surface area contributed by atoms with Gasteiger partial charge in [0.25, 0.3) is 0 Å². The number of phenols is 1. The fourth-order valence-corrected chi connectivity index (χ4v) is 1.70. The third kappa shape index (κ3) is 4.32. The predicted molar refractivity (Wildman–Crippen MR) is 83.9 cm³/mol. The van der Waals surface area contributed by atoms with Crippen molar-refractivity contribution in [2.24, 2.45) is 5.10 Å². The molecule has 7 heteroatoms. The predicted octanol–water partition coefficient (Wildman–Crippen LogP) is 2.13. The van der Waals surface area contributed by atoms with Gasteiger partial charge in [-0.25, -0.2) is 5.43 Å². The third-order valence-electron chi connectivity index (χ3n) is 2.60. The van der Waals surface area contributed by atoms with Gasteiger partial charge >= 0.3 is 11.8 Å². The Bertz CT molecular complexity index is 714. The van der Waals surface area contributed by atoms with Gasteiger partial charge in [0, 0.05) is 0 Å². The second-order valence-electron chi connectivity index (χ2n) is 4.22. The van der Waals surface area contributed by atoms with Crippen molar-refractivity contribution in [3.8, 4) is 5.75 Å². The van der Waals surface area contributed by atoms with Gasteiger partial charge in [-0.2, -0.15) is 5.10 Å². The molecule has 112 valence electrons. The quantitative estimate of drug-likeness (QED) is 0.460. The highest BCUT2D eigenvalue weighted by Crippen LogP contribution is 2.20. The second kappa shape index (κ2) is 7.24. The zero-order valence-corrected chi connectivity index (χ0v) is 12.0. The van der Waals surface area contributed by atoms with Gasteiger partial charge < -0.3 is 10.4 Å². The van der Waals surface area contributed by atoms with Gasteiger partial charge in [-0.3, -0.25) is 9.59 Å². The number of carbonyl (C=O) groups excluding carboxylic acids is 2. The highest BCUT2D eigenvalue weighted by Gasteiger charge is 2.13. The number of nitrogens with one attached hydrogen (secondary N) is 2. The summed E-state index contributed by atoms with van der Waals surface area (Å²) in [4.78, 5) is 23.2. The molecular formula is C15H12ClN3O3. The molecule has 0 radical (unpaired) electrons. The van der Waals surface area contributed by atoms with Crippen molar-refractivity contribution in [2.45, 2.75) is 0 Å². The summed E-state index contributed by atoms with van der Waals surface area (Å²) >= 11 is 5.87. The molecule has 0 spiro atoms. The average Bonchev–Trinajstić information content (AvgIpc) is 2.51. The van der Waals surface area contributed by atoms with Crippen LogP contribution in [-0.4, -0.2) is 23.1 Å². The number of aromatic hydroxyl groups is 1. The van der Waals surface area contributed by atoms with E-state index in [0.717, 1.165) is 0 Å². The first-order valence-corrected chi connectivity index (χ1v) is 6.62. The minimum atomic E-state index is -0.921. The minimum absolute atomic E-state index is 0.125. The maximum atomic E-state index is 11.7. The molecule has 3 N–H and O–H groups in total. The van der Waals surface area contributed by atoms with Crippen LogP contribution in [0, 0.1) is 0 Å². The van der Waals surface area contributed by atoms with Gasteiger partial charge in [0.15, 0.2) is 0 Å². The third-order valence-corrected chi connectivity index (χ3v) is 2.93. The van der Waals surface area contributed by atoms with Crippen LogP contribution in [-0.2, 0) is 9.59 Å². The first-order chi connectivity index (χ1) is 10.6. The summed E-state index contributed by atoms with van der Waals surface area (Å²) in [5.41, 5.74) is 3.09. The molecule has 0 saturated heterocycles. The van der Waals surface area contributed by atoms with Crippen molar-refractivity contribution in [3.63, 3.8) is 0 Å². The largest absolute Gasteiger partial charge is 0.508 e. The standard InChI is InChI=1S/C15H12ClN3O3/c16-12-3-1-2-4-13(12)18-14(21)15(22)19-17-9-10-5-7-11(20)8-6-10/h1-9,20H,(H,18,21)(H,19,22)/b17-9+. The molecule has 2 rings (SSSR count). The maximum Gasteiger partial charge on any atom is 0.329 e. The fraction of sp³-hybridized carbons (Fsp3) is 0. The molecule has 0 aromatic heterocycles. The van der Waals surface area contributed by atoms with E-state index in [1.54, 1.807) is 36.4 Å². The lowest BCUT2D eigenvalue weighted by molar-refractivity contribution is -0.136.